The van der Waals surface area contributed by atoms with Crippen LogP contribution in [0.1, 0.15) is 0 Å². The average Bonchev–Trinajstić information content (AvgIpc) is 2.43. The minimum Gasteiger partial charge on any atom is -0.497 e. The van der Waals surface area contributed by atoms with Crippen molar-refractivity contribution in [2.45, 2.75) is 0 Å². The Labute approximate surface area is 113 Å². The summed E-state index contributed by atoms with van der Waals surface area (Å²) in [6.07, 6.45) is 8.17. The minimum absolute atomic E-state index is 0.218. The number of carbonyl (C=O) groups is 1. The molecular weight excluding hydrogens is 238 g/mol. The molecule has 0 spiro atoms. The molecule has 3 nitrogen and oxygen atoms in total. The molecule has 0 atom stereocenters. The van der Waals surface area contributed by atoms with E-state index < -0.39 is 0 Å². The molecule has 0 radical (unpaired) electrons. The van der Waals surface area contributed by atoms with Crippen LogP contribution in [0, 0.1) is 0 Å². The van der Waals surface area contributed by atoms with Crippen molar-refractivity contribution in [3.8, 4) is 5.75 Å². The van der Waals surface area contributed by atoms with E-state index in [9.17, 15) is 4.79 Å². The van der Waals surface area contributed by atoms with Gasteiger partial charge in [-0.3, -0.25) is 4.79 Å². The van der Waals surface area contributed by atoms with Crippen molar-refractivity contribution >= 4 is 11.6 Å². The van der Waals surface area contributed by atoms with Gasteiger partial charge in [-0.15, -0.1) is 0 Å². The van der Waals surface area contributed by atoms with Crippen molar-refractivity contribution in [1.29, 1.82) is 0 Å². The van der Waals surface area contributed by atoms with Gasteiger partial charge < -0.3 is 10.1 Å². The molecular formula is C16H17NO2. The smallest absolute Gasteiger partial charge is 0.248 e. The lowest BCUT2D eigenvalue weighted by molar-refractivity contribution is -0.111. The molecule has 3 heteroatoms. The minimum atomic E-state index is -0.218. The van der Waals surface area contributed by atoms with E-state index in [2.05, 4.69) is 18.5 Å². The second kappa shape index (κ2) is 7.71. The molecule has 0 aliphatic rings. The fourth-order valence-corrected chi connectivity index (χ4v) is 1.38. The Morgan fingerprint density at radius 1 is 1.32 bits per heavy atom. The van der Waals surface area contributed by atoms with Gasteiger partial charge in [-0.25, -0.2) is 0 Å². The molecule has 1 N–H and O–H groups in total. The maximum absolute atomic E-state index is 11.7. The van der Waals surface area contributed by atoms with Crippen molar-refractivity contribution < 1.29 is 9.53 Å². The highest BCUT2D eigenvalue weighted by Crippen LogP contribution is 2.16. The van der Waals surface area contributed by atoms with Crippen LogP contribution in [0.15, 0.2) is 73.4 Å². The van der Waals surface area contributed by atoms with E-state index in [1.165, 1.54) is 6.08 Å². The van der Waals surface area contributed by atoms with E-state index in [0.717, 1.165) is 5.57 Å². The lowest BCUT2D eigenvalue weighted by Crippen LogP contribution is -2.07. The summed E-state index contributed by atoms with van der Waals surface area (Å²) in [7, 11) is 1.58. The first kappa shape index (κ1) is 14.5. The van der Waals surface area contributed by atoms with Gasteiger partial charge in [-0.1, -0.05) is 37.5 Å². The highest BCUT2D eigenvalue weighted by molar-refractivity contribution is 5.99. The normalized spacial score (nSPS) is 11.1. The first-order chi connectivity index (χ1) is 9.19. The molecule has 0 fully saturated rings. The number of rotatable bonds is 6. The van der Waals surface area contributed by atoms with Crippen LogP contribution in [0.2, 0.25) is 0 Å². The third-order valence-corrected chi connectivity index (χ3v) is 2.31. The van der Waals surface area contributed by atoms with Gasteiger partial charge in [0.15, 0.2) is 0 Å². The number of hydrogen-bond acceptors (Lipinski definition) is 2. The summed E-state index contributed by atoms with van der Waals surface area (Å²) in [4.78, 5) is 11.7. The zero-order chi connectivity index (χ0) is 14.1. The Morgan fingerprint density at radius 2 is 2.11 bits per heavy atom. The summed E-state index contributed by atoms with van der Waals surface area (Å²) < 4.78 is 5.08. The Balaban J connectivity index is 2.69. The number of hydrogen-bond donors (Lipinski definition) is 1. The van der Waals surface area contributed by atoms with Gasteiger partial charge in [0.05, 0.1) is 7.11 Å². The summed E-state index contributed by atoms with van der Waals surface area (Å²) in [5, 5.41) is 2.75. The van der Waals surface area contributed by atoms with Gasteiger partial charge in [0.25, 0.3) is 0 Å². The molecule has 1 aromatic rings. The van der Waals surface area contributed by atoms with Crippen LogP contribution in [0.25, 0.3) is 0 Å². The molecule has 98 valence electrons. The molecule has 0 saturated heterocycles. The maximum Gasteiger partial charge on any atom is 0.248 e. The molecule has 0 aliphatic heterocycles. The largest absolute Gasteiger partial charge is 0.497 e. The molecule has 0 bridgehead atoms. The van der Waals surface area contributed by atoms with Gasteiger partial charge in [-0.2, -0.15) is 0 Å². The standard InChI is InChI=1S/C16H17NO2/c1-4-7-13(5-2)10-11-16(18)17-14-8-6-9-15(12-14)19-3/h4-12H,1-2H2,3H3,(H,17,18)/b11-10+,13-7+. The first-order valence-electron chi connectivity index (χ1n) is 5.78. The van der Waals surface area contributed by atoms with Crippen LogP contribution in [-0.4, -0.2) is 13.0 Å². The number of amides is 1. The quantitative estimate of drug-likeness (QED) is 0.624. The Morgan fingerprint density at radius 3 is 2.74 bits per heavy atom. The Hall–Kier alpha value is -2.55. The highest BCUT2D eigenvalue weighted by atomic mass is 16.5. The topological polar surface area (TPSA) is 38.3 Å². The van der Waals surface area contributed by atoms with Gasteiger partial charge in [0.2, 0.25) is 5.91 Å². The van der Waals surface area contributed by atoms with Crippen LogP contribution < -0.4 is 10.1 Å². The summed E-state index contributed by atoms with van der Waals surface area (Å²) in [5.74, 6) is 0.477. The lowest BCUT2D eigenvalue weighted by atomic mass is 10.2. The van der Waals surface area contributed by atoms with Crippen molar-refractivity contribution in [3.05, 3.63) is 73.4 Å². The van der Waals surface area contributed by atoms with Gasteiger partial charge >= 0.3 is 0 Å². The number of carbonyl (C=O) groups excluding carboxylic acids is 1. The Bertz CT molecular complexity index is 527. The molecule has 1 aromatic carbocycles. The number of nitrogens with one attached hydrogen (secondary N) is 1. The number of allylic oxidation sites excluding steroid dienone is 5. The monoisotopic (exact) mass is 255 g/mol. The van der Waals surface area contributed by atoms with Crippen LogP contribution in [0.4, 0.5) is 5.69 Å². The van der Waals surface area contributed by atoms with Crippen LogP contribution >= 0.6 is 0 Å². The van der Waals surface area contributed by atoms with E-state index in [1.54, 1.807) is 43.5 Å². The second-order valence-electron chi connectivity index (χ2n) is 3.66. The zero-order valence-electron chi connectivity index (χ0n) is 10.9. The Kier molecular flexibility index (Phi) is 5.89. The zero-order valence-corrected chi connectivity index (χ0v) is 10.9. The highest BCUT2D eigenvalue weighted by Gasteiger charge is 1.99. The summed E-state index contributed by atoms with van der Waals surface area (Å²) in [6.45, 7) is 7.24. The number of ether oxygens (including phenoxy) is 1. The third-order valence-electron chi connectivity index (χ3n) is 2.31. The second-order valence-corrected chi connectivity index (χ2v) is 3.66. The van der Waals surface area contributed by atoms with Crippen LogP contribution in [0.5, 0.6) is 5.75 Å². The molecule has 0 saturated carbocycles. The summed E-state index contributed by atoms with van der Waals surface area (Å²) in [6, 6.07) is 7.17. The van der Waals surface area contributed by atoms with Gasteiger partial charge in [0.1, 0.15) is 5.75 Å². The lowest BCUT2D eigenvalue weighted by Gasteiger charge is -2.04. The molecule has 1 amide bonds. The number of benzene rings is 1. The average molecular weight is 255 g/mol. The predicted octanol–water partition coefficient (Wildman–Crippen LogP) is 3.49. The van der Waals surface area contributed by atoms with E-state index in [4.69, 9.17) is 4.74 Å². The van der Waals surface area contributed by atoms with Crippen molar-refractivity contribution in [1.82, 2.24) is 0 Å². The maximum atomic E-state index is 11.7. The molecule has 0 unspecified atom stereocenters. The molecule has 19 heavy (non-hydrogen) atoms. The van der Waals surface area contributed by atoms with Crippen LogP contribution in [0.3, 0.4) is 0 Å². The number of anilines is 1. The summed E-state index contributed by atoms with van der Waals surface area (Å²) in [5.41, 5.74) is 1.50. The van der Waals surface area contributed by atoms with Crippen LogP contribution in [-0.2, 0) is 4.79 Å². The van der Waals surface area contributed by atoms with E-state index in [-0.39, 0.29) is 5.91 Å². The van der Waals surface area contributed by atoms with Crippen molar-refractivity contribution in [2.24, 2.45) is 0 Å². The molecule has 0 aromatic heterocycles. The van der Waals surface area contributed by atoms with Gasteiger partial charge in [-0.05, 0) is 23.8 Å². The SMILES string of the molecule is C=C/C=C(C=C)/C=C/C(=O)Nc1cccc(OC)c1. The fraction of sp³-hybridized carbons (Fsp3) is 0.0625. The van der Waals surface area contributed by atoms with Gasteiger partial charge in [0, 0.05) is 17.8 Å². The number of methoxy groups -OCH3 is 1. The van der Waals surface area contributed by atoms with E-state index in [0.29, 0.717) is 11.4 Å². The van der Waals surface area contributed by atoms with Crippen molar-refractivity contribution in [2.75, 3.05) is 12.4 Å². The van der Waals surface area contributed by atoms with E-state index in [1.807, 2.05) is 12.1 Å². The molecule has 0 aliphatic carbocycles. The van der Waals surface area contributed by atoms with Crippen molar-refractivity contribution in [3.63, 3.8) is 0 Å². The van der Waals surface area contributed by atoms with E-state index >= 15 is 0 Å². The molecule has 1 rings (SSSR count). The summed E-state index contributed by atoms with van der Waals surface area (Å²) >= 11 is 0. The predicted molar refractivity (Wildman–Crippen MR) is 79.2 cm³/mol. The molecule has 0 heterocycles. The fourth-order valence-electron chi connectivity index (χ4n) is 1.38. The third kappa shape index (κ3) is 5.08. The first-order valence-corrected chi connectivity index (χ1v) is 5.78.